The Morgan fingerprint density at radius 1 is 1.19 bits per heavy atom. The van der Waals surface area contributed by atoms with Crippen LogP contribution in [-0.2, 0) is 0 Å². The molecule has 5 nitrogen and oxygen atoms in total. The molecule has 0 aliphatic rings. The van der Waals surface area contributed by atoms with Crippen molar-refractivity contribution in [1.29, 1.82) is 0 Å². The van der Waals surface area contributed by atoms with Crippen LogP contribution in [0.4, 0.5) is 11.4 Å². The molecule has 0 heterocycles. The highest BCUT2D eigenvalue weighted by Gasteiger charge is 2.11. The predicted molar refractivity (Wildman–Crippen MR) is 82.9 cm³/mol. The number of benzene rings is 2. The lowest BCUT2D eigenvalue weighted by Gasteiger charge is -2.16. The van der Waals surface area contributed by atoms with Crippen molar-refractivity contribution in [2.75, 3.05) is 12.4 Å². The molecule has 0 amide bonds. The number of nitrogens with zero attached hydrogens (tertiary/aromatic N) is 1. The largest absolute Gasteiger partial charge is 0.497 e. The predicted octanol–water partition coefficient (Wildman–Crippen LogP) is 4.08. The number of anilines is 1. The van der Waals surface area contributed by atoms with Crippen LogP contribution in [0, 0.1) is 17.0 Å². The van der Waals surface area contributed by atoms with Gasteiger partial charge in [0.05, 0.1) is 12.0 Å². The Morgan fingerprint density at radius 3 is 2.38 bits per heavy atom. The highest BCUT2D eigenvalue weighted by Crippen LogP contribution is 2.25. The third-order valence-corrected chi connectivity index (χ3v) is 3.39. The molecule has 0 bridgehead atoms. The molecule has 2 aromatic carbocycles. The molecule has 5 heteroatoms. The second-order valence-electron chi connectivity index (χ2n) is 4.90. The van der Waals surface area contributed by atoms with E-state index in [4.69, 9.17) is 4.74 Å². The fourth-order valence-corrected chi connectivity index (χ4v) is 2.18. The summed E-state index contributed by atoms with van der Waals surface area (Å²) < 4.78 is 5.13. The van der Waals surface area contributed by atoms with E-state index in [0.717, 1.165) is 17.0 Å². The summed E-state index contributed by atoms with van der Waals surface area (Å²) in [5, 5.41) is 14.1. The minimum atomic E-state index is -0.369. The molecule has 2 rings (SSSR count). The molecular weight excluding hydrogens is 268 g/mol. The lowest BCUT2D eigenvalue weighted by atomic mass is 10.1. The Bertz CT molecular complexity index is 638. The molecule has 110 valence electrons. The van der Waals surface area contributed by atoms with Crippen LogP contribution in [0.25, 0.3) is 0 Å². The molecule has 0 spiro atoms. The fraction of sp³-hybridized carbons (Fsp3) is 0.250. The Hall–Kier alpha value is -2.56. The van der Waals surface area contributed by atoms with Crippen molar-refractivity contribution in [3.05, 3.63) is 63.7 Å². The van der Waals surface area contributed by atoms with E-state index in [1.807, 2.05) is 31.2 Å². The van der Waals surface area contributed by atoms with Crippen LogP contribution in [-0.4, -0.2) is 12.0 Å². The molecule has 0 aromatic heterocycles. The van der Waals surface area contributed by atoms with Crippen LogP contribution in [0.5, 0.6) is 5.75 Å². The standard InChI is InChI=1S/C16H18N2O3/c1-11-10-14(6-9-16(11)18(19)20)17-12(2)13-4-7-15(21-3)8-5-13/h4-10,12,17H,1-3H3. The zero-order valence-electron chi connectivity index (χ0n) is 12.3. The van der Waals surface area contributed by atoms with Gasteiger partial charge in [-0.1, -0.05) is 12.1 Å². The van der Waals surface area contributed by atoms with E-state index in [1.54, 1.807) is 26.2 Å². The zero-order valence-corrected chi connectivity index (χ0v) is 12.3. The molecule has 21 heavy (non-hydrogen) atoms. The van der Waals surface area contributed by atoms with Crippen molar-refractivity contribution >= 4 is 11.4 Å². The number of hydrogen-bond acceptors (Lipinski definition) is 4. The van der Waals surface area contributed by atoms with E-state index in [9.17, 15) is 10.1 Å². The van der Waals surface area contributed by atoms with Crippen LogP contribution < -0.4 is 10.1 Å². The van der Waals surface area contributed by atoms with Gasteiger partial charge < -0.3 is 10.1 Å². The first-order valence-electron chi connectivity index (χ1n) is 6.67. The average Bonchev–Trinajstić information content (AvgIpc) is 2.47. The molecular formula is C16H18N2O3. The maximum absolute atomic E-state index is 10.8. The normalized spacial score (nSPS) is 11.8. The van der Waals surface area contributed by atoms with Crippen molar-refractivity contribution in [3.8, 4) is 5.75 Å². The summed E-state index contributed by atoms with van der Waals surface area (Å²) in [5.74, 6) is 0.817. The first kappa shape index (κ1) is 14.8. The molecule has 0 radical (unpaired) electrons. The minimum Gasteiger partial charge on any atom is -0.497 e. The van der Waals surface area contributed by atoms with Gasteiger partial charge in [-0.25, -0.2) is 0 Å². The van der Waals surface area contributed by atoms with Crippen LogP contribution in [0.1, 0.15) is 24.1 Å². The maximum atomic E-state index is 10.8. The summed E-state index contributed by atoms with van der Waals surface area (Å²) >= 11 is 0. The summed E-state index contributed by atoms with van der Waals surface area (Å²) in [4.78, 5) is 10.4. The summed E-state index contributed by atoms with van der Waals surface area (Å²) in [6.45, 7) is 3.78. The number of nitro benzene ring substituents is 1. The fourth-order valence-electron chi connectivity index (χ4n) is 2.18. The van der Waals surface area contributed by atoms with Gasteiger partial charge in [0.25, 0.3) is 5.69 Å². The summed E-state index contributed by atoms with van der Waals surface area (Å²) in [5.41, 5.74) is 2.76. The maximum Gasteiger partial charge on any atom is 0.272 e. The van der Waals surface area contributed by atoms with Gasteiger partial charge in [-0.3, -0.25) is 10.1 Å². The zero-order chi connectivity index (χ0) is 15.4. The number of nitrogens with one attached hydrogen (secondary N) is 1. The van der Waals surface area contributed by atoms with Crippen LogP contribution in [0.15, 0.2) is 42.5 Å². The van der Waals surface area contributed by atoms with Gasteiger partial charge in [-0.05, 0) is 43.7 Å². The second-order valence-corrected chi connectivity index (χ2v) is 4.90. The molecule has 0 aliphatic carbocycles. The van der Waals surface area contributed by atoms with Gasteiger partial charge in [0, 0.05) is 23.4 Å². The Balaban J connectivity index is 2.13. The number of hydrogen-bond donors (Lipinski definition) is 1. The van der Waals surface area contributed by atoms with Crippen LogP contribution in [0.3, 0.4) is 0 Å². The monoisotopic (exact) mass is 286 g/mol. The summed E-state index contributed by atoms with van der Waals surface area (Å²) in [7, 11) is 1.64. The molecule has 0 aliphatic heterocycles. The highest BCUT2D eigenvalue weighted by atomic mass is 16.6. The number of aryl methyl sites for hydroxylation is 1. The SMILES string of the molecule is COc1ccc(C(C)Nc2ccc([N+](=O)[O-])c(C)c2)cc1. The lowest BCUT2D eigenvalue weighted by molar-refractivity contribution is -0.385. The van der Waals surface area contributed by atoms with Crippen molar-refractivity contribution < 1.29 is 9.66 Å². The number of methoxy groups -OCH3 is 1. The molecule has 1 atom stereocenters. The van der Waals surface area contributed by atoms with E-state index in [2.05, 4.69) is 5.32 Å². The molecule has 1 N–H and O–H groups in total. The van der Waals surface area contributed by atoms with Gasteiger partial charge in [-0.15, -0.1) is 0 Å². The minimum absolute atomic E-state index is 0.0942. The molecule has 2 aromatic rings. The van der Waals surface area contributed by atoms with Gasteiger partial charge in [0.15, 0.2) is 0 Å². The first-order valence-corrected chi connectivity index (χ1v) is 6.67. The van der Waals surface area contributed by atoms with Crippen molar-refractivity contribution in [3.63, 3.8) is 0 Å². The van der Waals surface area contributed by atoms with Crippen LogP contribution in [0.2, 0.25) is 0 Å². The molecule has 0 fully saturated rings. The summed E-state index contributed by atoms with van der Waals surface area (Å²) in [6.07, 6.45) is 0. The number of nitro groups is 1. The smallest absolute Gasteiger partial charge is 0.272 e. The van der Waals surface area contributed by atoms with Gasteiger partial charge >= 0.3 is 0 Å². The van der Waals surface area contributed by atoms with Gasteiger partial charge in [-0.2, -0.15) is 0 Å². The van der Waals surface area contributed by atoms with Crippen molar-refractivity contribution in [2.45, 2.75) is 19.9 Å². The highest BCUT2D eigenvalue weighted by molar-refractivity contribution is 5.54. The van der Waals surface area contributed by atoms with E-state index in [-0.39, 0.29) is 16.7 Å². The second kappa shape index (κ2) is 6.26. The Labute approximate surface area is 123 Å². The summed E-state index contributed by atoms with van der Waals surface area (Å²) in [6, 6.07) is 12.9. The lowest BCUT2D eigenvalue weighted by Crippen LogP contribution is -2.07. The topological polar surface area (TPSA) is 64.4 Å². The van der Waals surface area contributed by atoms with Gasteiger partial charge in [0.2, 0.25) is 0 Å². The van der Waals surface area contributed by atoms with Gasteiger partial charge in [0.1, 0.15) is 5.75 Å². The average molecular weight is 286 g/mol. The molecule has 1 unspecified atom stereocenters. The quantitative estimate of drug-likeness (QED) is 0.664. The van der Waals surface area contributed by atoms with E-state index in [0.29, 0.717) is 5.56 Å². The molecule has 0 saturated carbocycles. The van der Waals surface area contributed by atoms with Crippen molar-refractivity contribution in [1.82, 2.24) is 0 Å². The van der Waals surface area contributed by atoms with E-state index in [1.165, 1.54) is 6.07 Å². The Kier molecular flexibility index (Phi) is 4.42. The van der Waals surface area contributed by atoms with E-state index < -0.39 is 0 Å². The number of rotatable bonds is 5. The van der Waals surface area contributed by atoms with Crippen molar-refractivity contribution in [2.24, 2.45) is 0 Å². The first-order chi connectivity index (χ1) is 10.0. The Morgan fingerprint density at radius 2 is 1.86 bits per heavy atom. The number of ether oxygens (including phenoxy) is 1. The third-order valence-electron chi connectivity index (χ3n) is 3.39. The van der Waals surface area contributed by atoms with E-state index >= 15 is 0 Å². The third kappa shape index (κ3) is 3.51. The van der Waals surface area contributed by atoms with Crippen LogP contribution >= 0.6 is 0 Å². The molecule has 0 saturated heterocycles.